The summed E-state index contributed by atoms with van der Waals surface area (Å²) in [6, 6.07) is 6.42. The number of carbonyl (C=O) groups is 1. The average molecular weight is 326 g/mol. The first-order valence-electron chi connectivity index (χ1n) is 6.10. The molecule has 0 aliphatic carbocycles. The highest BCUT2D eigenvalue weighted by Crippen LogP contribution is 2.25. The maximum absolute atomic E-state index is 11.4. The predicted octanol–water partition coefficient (Wildman–Crippen LogP) is 2.78. The van der Waals surface area contributed by atoms with E-state index in [0.717, 1.165) is 11.8 Å². The monoisotopic (exact) mass is 326 g/mol. The van der Waals surface area contributed by atoms with E-state index in [9.17, 15) is 13.2 Å². The molecule has 0 fully saturated rings. The van der Waals surface area contributed by atoms with E-state index in [4.69, 9.17) is 4.74 Å². The standard InChI is InChI=1S/C13H14N2O4S2/c1-3-19-13(16)15-12-14-11(8-20-12)9-4-6-10(7-5-9)21(2,17)18/h4-8H,3H2,1-2H3,(H,14,15,16). The van der Waals surface area contributed by atoms with Gasteiger partial charge in [0.1, 0.15) is 0 Å². The Hall–Kier alpha value is -1.93. The third kappa shape index (κ3) is 4.02. The number of aromatic nitrogens is 1. The summed E-state index contributed by atoms with van der Waals surface area (Å²) in [6.45, 7) is 2.01. The van der Waals surface area contributed by atoms with E-state index >= 15 is 0 Å². The molecule has 0 saturated heterocycles. The summed E-state index contributed by atoms with van der Waals surface area (Å²) >= 11 is 1.27. The Morgan fingerprint density at radius 1 is 1.33 bits per heavy atom. The van der Waals surface area contributed by atoms with Gasteiger partial charge in [-0.05, 0) is 19.1 Å². The molecule has 0 bridgehead atoms. The van der Waals surface area contributed by atoms with Crippen molar-refractivity contribution in [2.45, 2.75) is 11.8 Å². The van der Waals surface area contributed by atoms with Crippen LogP contribution in [0.2, 0.25) is 0 Å². The Labute approximate surface area is 126 Å². The molecule has 0 atom stereocenters. The van der Waals surface area contributed by atoms with Crippen LogP contribution < -0.4 is 5.32 Å². The topological polar surface area (TPSA) is 85.4 Å². The van der Waals surface area contributed by atoms with Crippen molar-refractivity contribution >= 4 is 32.4 Å². The number of nitrogens with zero attached hydrogens (tertiary/aromatic N) is 1. The molecule has 21 heavy (non-hydrogen) atoms. The van der Waals surface area contributed by atoms with Crippen molar-refractivity contribution in [1.82, 2.24) is 4.98 Å². The fourth-order valence-electron chi connectivity index (χ4n) is 1.59. The van der Waals surface area contributed by atoms with E-state index in [1.165, 1.54) is 23.5 Å². The second-order valence-electron chi connectivity index (χ2n) is 4.18. The SMILES string of the molecule is CCOC(=O)Nc1nc(-c2ccc(S(C)(=O)=O)cc2)cs1. The molecule has 0 spiro atoms. The predicted molar refractivity (Wildman–Crippen MR) is 81.3 cm³/mol. The van der Waals surface area contributed by atoms with Gasteiger partial charge in [0.05, 0.1) is 17.2 Å². The van der Waals surface area contributed by atoms with E-state index < -0.39 is 15.9 Å². The first-order valence-corrected chi connectivity index (χ1v) is 8.87. The lowest BCUT2D eigenvalue weighted by Crippen LogP contribution is -2.12. The number of thiazole rings is 1. The molecule has 1 N–H and O–H groups in total. The zero-order chi connectivity index (χ0) is 15.5. The van der Waals surface area contributed by atoms with Gasteiger partial charge in [-0.25, -0.2) is 18.2 Å². The first-order chi connectivity index (χ1) is 9.90. The number of hydrogen-bond acceptors (Lipinski definition) is 6. The quantitative estimate of drug-likeness (QED) is 0.933. The molecule has 112 valence electrons. The Bertz CT molecular complexity index is 736. The molecule has 0 aliphatic rings. The summed E-state index contributed by atoms with van der Waals surface area (Å²) in [6.07, 6.45) is 0.609. The molecule has 1 aromatic heterocycles. The Kier molecular flexibility index (Phi) is 4.59. The fraction of sp³-hybridized carbons (Fsp3) is 0.231. The number of hydrogen-bond donors (Lipinski definition) is 1. The van der Waals surface area contributed by atoms with Crippen LogP contribution in [0.25, 0.3) is 11.3 Å². The highest BCUT2D eigenvalue weighted by Gasteiger charge is 2.10. The summed E-state index contributed by atoms with van der Waals surface area (Å²) in [4.78, 5) is 15.8. The van der Waals surface area contributed by atoms with E-state index in [-0.39, 0.29) is 11.5 Å². The number of sulfone groups is 1. The van der Waals surface area contributed by atoms with Gasteiger partial charge in [0.25, 0.3) is 0 Å². The zero-order valence-corrected chi connectivity index (χ0v) is 13.1. The maximum Gasteiger partial charge on any atom is 0.413 e. The molecule has 8 heteroatoms. The third-order valence-electron chi connectivity index (χ3n) is 2.57. The number of rotatable bonds is 4. The van der Waals surface area contributed by atoms with E-state index in [1.54, 1.807) is 24.4 Å². The molecule has 0 radical (unpaired) electrons. The van der Waals surface area contributed by atoms with Crippen molar-refractivity contribution in [2.24, 2.45) is 0 Å². The van der Waals surface area contributed by atoms with Crippen LogP contribution in [0.15, 0.2) is 34.5 Å². The molecular weight excluding hydrogens is 312 g/mol. The lowest BCUT2D eigenvalue weighted by atomic mass is 10.2. The van der Waals surface area contributed by atoms with Crippen LogP contribution in [0.4, 0.5) is 9.93 Å². The summed E-state index contributed by atoms with van der Waals surface area (Å²) in [5.74, 6) is 0. The fourth-order valence-corrected chi connectivity index (χ4v) is 2.93. The molecule has 0 saturated carbocycles. The van der Waals surface area contributed by atoms with Crippen molar-refractivity contribution in [3.8, 4) is 11.3 Å². The summed E-state index contributed by atoms with van der Waals surface area (Å²) in [5, 5.41) is 4.72. The molecule has 1 aromatic carbocycles. The normalized spacial score (nSPS) is 11.1. The van der Waals surface area contributed by atoms with Gasteiger partial charge < -0.3 is 4.74 Å². The van der Waals surface area contributed by atoms with Gasteiger partial charge in [-0.1, -0.05) is 12.1 Å². The number of anilines is 1. The Balaban J connectivity index is 2.16. The molecule has 2 aromatic rings. The molecular formula is C13H14N2O4S2. The highest BCUT2D eigenvalue weighted by molar-refractivity contribution is 7.90. The van der Waals surface area contributed by atoms with Gasteiger partial charge in [-0.15, -0.1) is 11.3 Å². The number of benzene rings is 1. The molecule has 1 amide bonds. The van der Waals surface area contributed by atoms with Gasteiger partial charge in [0, 0.05) is 17.2 Å². The lowest BCUT2D eigenvalue weighted by molar-refractivity contribution is 0.168. The highest BCUT2D eigenvalue weighted by atomic mass is 32.2. The zero-order valence-electron chi connectivity index (χ0n) is 11.5. The second kappa shape index (κ2) is 6.23. The van der Waals surface area contributed by atoms with Crippen molar-refractivity contribution in [3.05, 3.63) is 29.6 Å². The largest absolute Gasteiger partial charge is 0.450 e. The Morgan fingerprint density at radius 3 is 2.57 bits per heavy atom. The van der Waals surface area contributed by atoms with Crippen molar-refractivity contribution in [1.29, 1.82) is 0 Å². The van der Waals surface area contributed by atoms with Crippen LogP contribution in [0.3, 0.4) is 0 Å². The number of nitrogens with one attached hydrogen (secondary N) is 1. The average Bonchev–Trinajstić information content (AvgIpc) is 2.86. The minimum Gasteiger partial charge on any atom is -0.450 e. The maximum atomic E-state index is 11.4. The minimum absolute atomic E-state index is 0.256. The summed E-state index contributed by atoms with van der Waals surface area (Å²) < 4.78 is 27.5. The van der Waals surface area contributed by atoms with Crippen LogP contribution in [0, 0.1) is 0 Å². The molecule has 0 unspecified atom stereocenters. The van der Waals surface area contributed by atoms with E-state index in [0.29, 0.717) is 10.8 Å². The summed E-state index contributed by atoms with van der Waals surface area (Å²) in [7, 11) is -3.21. The molecule has 6 nitrogen and oxygen atoms in total. The van der Waals surface area contributed by atoms with Gasteiger partial charge in [-0.2, -0.15) is 0 Å². The van der Waals surface area contributed by atoms with E-state index in [1.807, 2.05) is 0 Å². The van der Waals surface area contributed by atoms with Crippen LogP contribution in [-0.4, -0.2) is 32.4 Å². The lowest BCUT2D eigenvalue weighted by Gasteiger charge is -2.01. The Morgan fingerprint density at radius 2 is 2.00 bits per heavy atom. The molecule has 2 rings (SSSR count). The minimum atomic E-state index is -3.21. The van der Waals surface area contributed by atoms with Crippen LogP contribution >= 0.6 is 11.3 Å². The molecule has 0 aliphatic heterocycles. The van der Waals surface area contributed by atoms with Gasteiger partial charge >= 0.3 is 6.09 Å². The second-order valence-corrected chi connectivity index (χ2v) is 7.05. The third-order valence-corrected chi connectivity index (χ3v) is 4.45. The van der Waals surface area contributed by atoms with Crippen LogP contribution in [0.5, 0.6) is 0 Å². The van der Waals surface area contributed by atoms with Crippen molar-refractivity contribution in [2.75, 3.05) is 18.2 Å². The smallest absolute Gasteiger partial charge is 0.413 e. The van der Waals surface area contributed by atoms with Crippen molar-refractivity contribution in [3.63, 3.8) is 0 Å². The van der Waals surface area contributed by atoms with Gasteiger partial charge in [0.2, 0.25) is 0 Å². The van der Waals surface area contributed by atoms with Crippen molar-refractivity contribution < 1.29 is 17.9 Å². The van der Waals surface area contributed by atoms with Crippen LogP contribution in [-0.2, 0) is 14.6 Å². The van der Waals surface area contributed by atoms with Gasteiger partial charge in [0.15, 0.2) is 15.0 Å². The first kappa shape index (κ1) is 15.5. The number of amides is 1. The summed E-state index contributed by atoms with van der Waals surface area (Å²) in [5.41, 5.74) is 1.43. The number of ether oxygens (including phenoxy) is 1. The van der Waals surface area contributed by atoms with Crippen LogP contribution in [0.1, 0.15) is 6.92 Å². The number of carbonyl (C=O) groups excluding carboxylic acids is 1. The van der Waals surface area contributed by atoms with Gasteiger partial charge in [-0.3, -0.25) is 5.32 Å². The van der Waals surface area contributed by atoms with E-state index in [2.05, 4.69) is 10.3 Å². The molecule has 1 heterocycles.